The summed E-state index contributed by atoms with van der Waals surface area (Å²) in [6.45, 7) is 5.51. The second-order valence-electron chi connectivity index (χ2n) is 8.73. The van der Waals surface area contributed by atoms with Crippen LogP contribution in [0.2, 0.25) is 0 Å². The molecule has 1 fully saturated rings. The molecular weight excluding hydrogens is 432 g/mol. The third-order valence-electron chi connectivity index (χ3n) is 6.04. The summed E-state index contributed by atoms with van der Waals surface area (Å²) < 4.78 is 8.84. The van der Waals surface area contributed by atoms with E-state index in [0.29, 0.717) is 19.6 Å². The molecule has 0 spiro atoms. The second-order valence-corrected chi connectivity index (χ2v) is 9.00. The number of alkyl halides is 1. The zero-order valence-corrected chi connectivity index (χ0v) is 19.2. The minimum absolute atomic E-state index is 0.0189. The Morgan fingerprint density at radius 3 is 2.69 bits per heavy atom. The number of aromatic nitrogens is 5. The number of piperidine rings is 1. The van der Waals surface area contributed by atoms with Crippen LogP contribution in [0.3, 0.4) is 0 Å². The quantitative estimate of drug-likeness (QED) is 0.416. The van der Waals surface area contributed by atoms with Gasteiger partial charge in [-0.3, -0.25) is 14.3 Å². The van der Waals surface area contributed by atoms with E-state index in [2.05, 4.69) is 15.1 Å². The Balaban J connectivity index is 1.55. The highest BCUT2D eigenvalue weighted by Crippen LogP contribution is 2.30. The van der Waals surface area contributed by atoms with Crippen LogP contribution in [-0.2, 0) is 20.9 Å². The molecule has 1 aliphatic heterocycles. The van der Waals surface area contributed by atoms with E-state index in [1.807, 2.05) is 47.8 Å². The Hall–Kier alpha value is -2.94. The van der Waals surface area contributed by atoms with Crippen molar-refractivity contribution in [3.63, 3.8) is 0 Å². The predicted molar refractivity (Wildman–Crippen MR) is 120 cm³/mol. The first-order chi connectivity index (χ1) is 15.3. The average molecular weight is 459 g/mol. The highest BCUT2D eigenvalue weighted by Gasteiger charge is 2.30. The van der Waals surface area contributed by atoms with Gasteiger partial charge in [0.2, 0.25) is 5.91 Å². The molecule has 0 unspecified atom stereocenters. The molecule has 0 bridgehead atoms. The Kier molecular flexibility index (Phi) is 6.19. The van der Waals surface area contributed by atoms with E-state index in [0.717, 1.165) is 35.1 Å². The van der Waals surface area contributed by atoms with Gasteiger partial charge in [-0.25, -0.2) is 9.97 Å². The van der Waals surface area contributed by atoms with Gasteiger partial charge >= 0.3 is 5.97 Å². The summed E-state index contributed by atoms with van der Waals surface area (Å²) in [5.41, 5.74) is 1.77. The van der Waals surface area contributed by atoms with Gasteiger partial charge in [0.25, 0.3) is 0 Å². The molecule has 0 aromatic carbocycles. The van der Waals surface area contributed by atoms with Gasteiger partial charge < -0.3 is 14.2 Å². The molecule has 170 valence electrons. The van der Waals surface area contributed by atoms with Crippen LogP contribution in [0.5, 0.6) is 0 Å². The summed E-state index contributed by atoms with van der Waals surface area (Å²) in [5.74, 6) is -0.264. The molecule has 4 heterocycles. The van der Waals surface area contributed by atoms with Gasteiger partial charge in [0.05, 0.1) is 30.5 Å². The van der Waals surface area contributed by atoms with Crippen molar-refractivity contribution in [1.29, 1.82) is 0 Å². The number of methoxy groups -OCH3 is 1. The third kappa shape index (κ3) is 4.21. The zero-order valence-electron chi connectivity index (χ0n) is 18.5. The SMILES string of the molecule is COC(=O)C(C)(C)Cn1ccc2c(-c3cnn(C4CCN(C(=O)CCl)CC4)c3)ncnc21. The van der Waals surface area contributed by atoms with Gasteiger partial charge in [-0.1, -0.05) is 0 Å². The Morgan fingerprint density at radius 2 is 2.00 bits per heavy atom. The van der Waals surface area contributed by atoms with Crippen molar-refractivity contribution in [3.8, 4) is 11.3 Å². The molecule has 1 saturated heterocycles. The van der Waals surface area contributed by atoms with Crippen molar-refractivity contribution in [2.45, 2.75) is 39.3 Å². The number of carbonyl (C=O) groups is 2. The summed E-state index contributed by atoms with van der Waals surface area (Å²) in [5, 5.41) is 5.47. The van der Waals surface area contributed by atoms with E-state index in [1.165, 1.54) is 13.4 Å². The number of nitrogens with zero attached hydrogens (tertiary/aromatic N) is 6. The van der Waals surface area contributed by atoms with Crippen molar-refractivity contribution >= 4 is 34.5 Å². The van der Waals surface area contributed by atoms with Crippen LogP contribution in [0.1, 0.15) is 32.7 Å². The van der Waals surface area contributed by atoms with Crippen LogP contribution < -0.4 is 0 Å². The number of rotatable bonds is 6. The number of fused-ring (bicyclic) bond motifs is 1. The fourth-order valence-corrected chi connectivity index (χ4v) is 4.42. The lowest BCUT2D eigenvalue weighted by Crippen LogP contribution is -2.39. The molecule has 32 heavy (non-hydrogen) atoms. The fourth-order valence-electron chi connectivity index (χ4n) is 4.25. The third-order valence-corrected chi connectivity index (χ3v) is 6.27. The maximum atomic E-state index is 12.1. The van der Waals surface area contributed by atoms with E-state index >= 15 is 0 Å². The fraction of sp³-hybridized carbons (Fsp3) is 0.500. The molecule has 0 saturated carbocycles. The second kappa shape index (κ2) is 8.90. The van der Waals surface area contributed by atoms with Crippen LogP contribution in [0.4, 0.5) is 0 Å². The molecule has 1 aliphatic rings. The van der Waals surface area contributed by atoms with Gasteiger partial charge in [0.1, 0.15) is 17.9 Å². The molecule has 4 rings (SSSR count). The smallest absolute Gasteiger partial charge is 0.313 e. The number of hydrogen-bond acceptors (Lipinski definition) is 6. The van der Waals surface area contributed by atoms with Crippen LogP contribution in [0.15, 0.2) is 31.0 Å². The predicted octanol–water partition coefficient (Wildman–Crippen LogP) is 2.90. The largest absolute Gasteiger partial charge is 0.469 e. The molecule has 0 N–H and O–H groups in total. The van der Waals surface area contributed by atoms with Crippen molar-refractivity contribution in [2.75, 3.05) is 26.1 Å². The lowest BCUT2D eigenvalue weighted by atomic mass is 9.94. The summed E-state index contributed by atoms with van der Waals surface area (Å²) in [6, 6.07) is 2.19. The summed E-state index contributed by atoms with van der Waals surface area (Å²) in [6.07, 6.45) is 8.94. The minimum Gasteiger partial charge on any atom is -0.469 e. The molecule has 3 aromatic rings. The first-order valence-electron chi connectivity index (χ1n) is 10.6. The standard InChI is InChI=1S/C22H27ClN6O3/c1-22(2,21(31)32-3)13-28-9-6-17-19(24-14-25-20(17)28)15-11-26-29(12-15)16-4-7-27(8-5-16)18(30)10-23/h6,9,11-12,14,16H,4-5,7-8,10,13H2,1-3H3. The van der Waals surface area contributed by atoms with Crippen LogP contribution in [-0.4, -0.2) is 67.2 Å². The monoisotopic (exact) mass is 458 g/mol. The summed E-state index contributed by atoms with van der Waals surface area (Å²) in [4.78, 5) is 34.7. The number of esters is 1. The van der Waals surface area contributed by atoms with Gasteiger partial charge in [-0.2, -0.15) is 5.10 Å². The van der Waals surface area contributed by atoms with Crippen molar-refractivity contribution < 1.29 is 14.3 Å². The van der Waals surface area contributed by atoms with Crippen molar-refractivity contribution in [2.24, 2.45) is 5.41 Å². The number of halogens is 1. The van der Waals surface area contributed by atoms with E-state index in [9.17, 15) is 9.59 Å². The first kappa shape index (κ1) is 22.3. The molecule has 10 heteroatoms. The Morgan fingerprint density at radius 1 is 1.25 bits per heavy atom. The van der Waals surface area contributed by atoms with Crippen LogP contribution in [0.25, 0.3) is 22.3 Å². The van der Waals surface area contributed by atoms with Crippen LogP contribution in [0, 0.1) is 5.41 Å². The lowest BCUT2D eigenvalue weighted by molar-refractivity contribution is -0.151. The highest BCUT2D eigenvalue weighted by molar-refractivity contribution is 6.27. The highest BCUT2D eigenvalue weighted by atomic mass is 35.5. The van der Waals surface area contributed by atoms with Crippen molar-refractivity contribution in [1.82, 2.24) is 29.2 Å². The number of likely N-dealkylation sites (tertiary alicyclic amines) is 1. The van der Waals surface area contributed by atoms with Crippen LogP contribution >= 0.6 is 11.6 Å². The molecule has 0 radical (unpaired) electrons. The molecule has 9 nitrogen and oxygen atoms in total. The maximum Gasteiger partial charge on any atom is 0.313 e. The Labute approximate surface area is 191 Å². The molecular formula is C22H27ClN6O3. The van der Waals surface area contributed by atoms with Gasteiger partial charge in [-0.15, -0.1) is 11.6 Å². The zero-order chi connectivity index (χ0) is 22.9. The number of ether oxygens (including phenoxy) is 1. The molecule has 3 aromatic heterocycles. The molecule has 0 atom stereocenters. The Bertz CT molecular complexity index is 1130. The normalized spacial score (nSPS) is 15.3. The van der Waals surface area contributed by atoms with E-state index < -0.39 is 5.41 Å². The van der Waals surface area contributed by atoms with E-state index in [4.69, 9.17) is 16.3 Å². The van der Waals surface area contributed by atoms with E-state index in [-0.39, 0.29) is 23.8 Å². The number of hydrogen-bond donors (Lipinski definition) is 0. The number of amides is 1. The summed E-state index contributed by atoms with van der Waals surface area (Å²) in [7, 11) is 1.40. The van der Waals surface area contributed by atoms with Crippen molar-refractivity contribution in [3.05, 3.63) is 31.0 Å². The number of carbonyl (C=O) groups excluding carboxylic acids is 2. The van der Waals surface area contributed by atoms with Gasteiger partial charge in [0, 0.05) is 43.0 Å². The lowest BCUT2D eigenvalue weighted by Gasteiger charge is -2.31. The van der Waals surface area contributed by atoms with Gasteiger partial charge in [-0.05, 0) is 32.8 Å². The average Bonchev–Trinajstić information content (AvgIpc) is 3.45. The topological polar surface area (TPSA) is 95.1 Å². The maximum absolute atomic E-state index is 12.1. The molecule has 0 aliphatic carbocycles. The summed E-state index contributed by atoms with van der Waals surface area (Å²) >= 11 is 5.67. The molecule has 1 amide bonds. The van der Waals surface area contributed by atoms with E-state index in [1.54, 1.807) is 4.90 Å². The first-order valence-corrected chi connectivity index (χ1v) is 11.1. The minimum atomic E-state index is -0.684. The van der Waals surface area contributed by atoms with Gasteiger partial charge in [0.15, 0.2) is 0 Å².